The first-order valence-corrected chi connectivity index (χ1v) is 7.88. The highest BCUT2D eigenvalue weighted by Crippen LogP contribution is 2.08. The summed E-state index contributed by atoms with van der Waals surface area (Å²) in [5, 5.41) is 2.97. The van der Waals surface area contributed by atoms with Gasteiger partial charge in [-0.3, -0.25) is 4.79 Å². The Bertz CT molecular complexity index is 602. The van der Waals surface area contributed by atoms with Gasteiger partial charge in [0.1, 0.15) is 12.4 Å². The standard InChI is InChI=1S/C18H25N3O/c1-14(2)11-17-12-21(15(3)20-17)13-18(22)19-10-9-16-7-5-4-6-8-16/h4-8,12,14H,9-11,13H2,1-3H3,(H,19,22). The molecule has 4 nitrogen and oxygen atoms in total. The number of hydrogen-bond acceptors (Lipinski definition) is 2. The third kappa shape index (κ3) is 5.02. The van der Waals surface area contributed by atoms with Gasteiger partial charge in [0.25, 0.3) is 0 Å². The molecule has 1 amide bonds. The Morgan fingerprint density at radius 3 is 2.68 bits per heavy atom. The second-order valence-corrected chi connectivity index (χ2v) is 6.09. The molecule has 0 aliphatic carbocycles. The lowest BCUT2D eigenvalue weighted by Crippen LogP contribution is -2.29. The molecule has 0 aliphatic rings. The summed E-state index contributed by atoms with van der Waals surface area (Å²) < 4.78 is 1.93. The fourth-order valence-electron chi connectivity index (χ4n) is 2.45. The molecule has 0 unspecified atom stereocenters. The molecule has 2 aromatic rings. The fraction of sp³-hybridized carbons (Fsp3) is 0.444. The summed E-state index contributed by atoms with van der Waals surface area (Å²) in [5.74, 6) is 1.50. The van der Waals surface area contributed by atoms with Gasteiger partial charge in [-0.05, 0) is 31.2 Å². The molecule has 0 saturated carbocycles. The highest BCUT2D eigenvalue weighted by Gasteiger charge is 2.09. The van der Waals surface area contributed by atoms with Gasteiger partial charge >= 0.3 is 0 Å². The maximum Gasteiger partial charge on any atom is 0.239 e. The fourth-order valence-corrected chi connectivity index (χ4v) is 2.45. The van der Waals surface area contributed by atoms with E-state index in [0.29, 0.717) is 19.0 Å². The van der Waals surface area contributed by atoms with E-state index < -0.39 is 0 Å². The first-order chi connectivity index (χ1) is 10.5. The normalized spacial score (nSPS) is 10.9. The molecule has 22 heavy (non-hydrogen) atoms. The number of amides is 1. The van der Waals surface area contributed by atoms with Gasteiger partial charge in [0.05, 0.1) is 5.69 Å². The molecular formula is C18H25N3O. The first-order valence-electron chi connectivity index (χ1n) is 7.88. The molecule has 0 saturated heterocycles. The van der Waals surface area contributed by atoms with Crippen molar-refractivity contribution in [2.45, 2.75) is 40.2 Å². The zero-order valence-electron chi connectivity index (χ0n) is 13.7. The SMILES string of the molecule is Cc1nc(CC(C)C)cn1CC(=O)NCCc1ccccc1. The average Bonchev–Trinajstić information content (AvgIpc) is 2.79. The van der Waals surface area contributed by atoms with E-state index in [1.165, 1.54) is 5.56 Å². The van der Waals surface area contributed by atoms with E-state index in [2.05, 4.69) is 36.3 Å². The summed E-state index contributed by atoms with van der Waals surface area (Å²) in [5.41, 5.74) is 2.30. The summed E-state index contributed by atoms with van der Waals surface area (Å²) in [7, 11) is 0. The van der Waals surface area contributed by atoms with Crippen molar-refractivity contribution in [2.75, 3.05) is 6.54 Å². The van der Waals surface area contributed by atoms with Gasteiger partial charge in [-0.2, -0.15) is 0 Å². The van der Waals surface area contributed by atoms with Crippen LogP contribution in [0.5, 0.6) is 0 Å². The number of rotatable bonds is 7. The van der Waals surface area contributed by atoms with Crippen molar-refractivity contribution in [3.8, 4) is 0 Å². The molecule has 0 fully saturated rings. The summed E-state index contributed by atoms with van der Waals surface area (Å²) in [6.07, 6.45) is 3.80. The molecule has 0 atom stereocenters. The van der Waals surface area contributed by atoms with Gasteiger partial charge in [0, 0.05) is 12.7 Å². The van der Waals surface area contributed by atoms with Gasteiger partial charge in [0.2, 0.25) is 5.91 Å². The molecule has 0 aliphatic heterocycles. The van der Waals surface area contributed by atoms with Crippen molar-refractivity contribution in [2.24, 2.45) is 5.92 Å². The molecule has 0 radical (unpaired) electrons. The van der Waals surface area contributed by atoms with Crippen LogP contribution in [-0.2, 0) is 24.2 Å². The van der Waals surface area contributed by atoms with Crippen LogP contribution < -0.4 is 5.32 Å². The number of aryl methyl sites for hydroxylation is 1. The van der Waals surface area contributed by atoms with E-state index in [9.17, 15) is 4.79 Å². The third-order valence-corrected chi connectivity index (χ3v) is 3.54. The van der Waals surface area contributed by atoms with Gasteiger partial charge in [-0.1, -0.05) is 44.2 Å². The number of imidazole rings is 1. The summed E-state index contributed by atoms with van der Waals surface area (Å²) in [4.78, 5) is 16.5. The number of benzene rings is 1. The quantitative estimate of drug-likeness (QED) is 0.854. The van der Waals surface area contributed by atoms with Crippen molar-refractivity contribution in [3.05, 3.63) is 53.6 Å². The van der Waals surface area contributed by atoms with Crippen molar-refractivity contribution in [1.82, 2.24) is 14.9 Å². The van der Waals surface area contributed by atoms with E-state index >= 15 is 0 Å². The summed E-state index contributed by atoms with van der Waals surface area (Å²) >= 11 is 0. The Labute approximate surface area is 132 Å². The predicted molar refractivity (Wildman–Crippen MR) is 88.7 cm³/mol. The van der Waals surface area contributed by atoms with Crippen LogP contribution in [0.2, 0.25) is 0 Å². The molecule has 118 valence electrons. The Kier molecular flexibility index (Phi) is 5.75. The lowest BCUT2D eigenvalue weighted by atomic mass is 10.1. The van der Waals surface area contributed by atoms with E-state index in [1.54, 1.807) is 0 Å². The van der Waals surface area contributed by atoms with Gasteiger partial charge in [-0.15, -0.1) is 0 Å². The van der Waals surface area contributed by atoms with Crippen molar-refractivity contribution in [1.29, 1.82) is 0 Å². The lowest BCUT2D eigenvalue weighted by molar-refractivity contribution is -0.121. The van der Waals surface area contributed by atoms with Gasteiger partial charge < -0.3 is 9.88 Å². The first kappa shape index (κ1) is 16.3. The van der Waals surface area contributed by atoms with Crippen LogP contribution in [-0.4, -0.2) is 22.0 Å². The highest BCUT2D eigenvalue weighted by atomic mass is 16.1. The number of nitrogens with zero attached hydrogens (tertiary/aromatic N) is 2. The third-order valence-electron chi connectivity index (χ3n) is 3.54. The second-order valence-electron chi connectivity index (χ2n) is 6.09. The van der Waals surface area contributed by atoms with Gasteiger partial charge in [0.15, 0.2) is 0 Å². The Morgan fingerprint density at radius 2 is 2.00 bits per heavy atom. The van der Waals surface area contributed by atoms with Crippen LogP contribution in [0.25, 0.3) is 0 Å². The number of carbonyl (C=O) groups is 1. The molecule has 0 bridgehead atoms. The van der Waals surface area contributed by atoms with E-state index in [0.717, 1.165) is 24.4 Å². The average molecular weight is 299 g/mol. The molecule has 1 heterocycles. The molecule has 1 N–H and O–H groups in total. The maximum atomic E-state index is 12.0. The molecular weight excluding hydrogens is 274 g/mol. The topological polar surface area (TPSA) is 46.9 Å². The van der Waals surface area contributed by atoms with Crippen LogP contribution in [0.4, 0.5) is 0 Å². The second kappa shape index (κ2) is 7.78. The zero-order valence-corrected chi connectivity index (χ0v) is 13.7. The van der Waals surface area contributed by atoms with Crippen LogP contribution in [0.15, 0.2) is 36.5 Å². The number of nitrogens with one attached hydrogen (secondary N) is 1. The van der Waals surface area contributed by atoms with Gasteiger partial charge in [-0.25, -0.2) is 4.98 Å². The van der Waals surface area contributed by atoms with Crippen molar-refractivity contribution in [3.63, 3.8) is 0 Å². The minimum absolute atomic E-state index is 0.0347. The molecule has 0 spiro atoms. The maximum absolute atomic E-state index is 12.0. The Hall–Kier alpha value is -2.10. The van der Waals surface area contributed by atoms with Crippen molar-refractivity contribution >= 4 is 5.91 Å². The smallest absolute Gasteiger partial charge is 0.239 e. The molecule has 1 aromatic heterocycles. The lowest BCUT2D eigenvalue weighted by Gasteiger charge is -2.07. The van der Waals surface area contributed by atoms with Crippen LogP contribution in [0.1, 0.15) is 30.9 Å². The van der Waals surface area contributed by atoms with E-state index in [4.69, 9.17) is 0 Å². The zero-order chi connectivity index (χ0) is 15.9. The monoisotopic (exact) mass is 299 g/mol. The van der Waals surface area contributed by atoms with Crippen LogP contribution >= 0.6 is 0 Å². The van der Waals surface area contributed by atoms with Crippen LogP contribution in [0, 0.1) is 12.8 Å². The number of carbonyl (C=O) groups excluding carboxylic acids is 1. The van der Waals surface area contributed by atoms with E-state index in [-0.39, 0.29) is 5.91 Å². The predicted octanol–water partition coefficient (Wildman–Crippen LogP) is 2.75. The highest BCUT2D eigenvalue weighted by molar-refractivity contribution is 5.75. The Balaban J connectivity index is 1.80. The summed E-state index contributed by atoms with van der Waals surface area (Å²) in [6.45, 7) is 7.29. The van der Waals surface area contributed by atoms with E-state index in [1.807, 2.05) is 35.9 Å². The molecule has 1 aromatic carbocycles. The largest absolute Gasteiger partial charge is 0.354 e. The molecule has 2 rings (SSSR count). The Morgan fingerprint density at radius 1 is 1.27 bits per heavy atom. The summed E-state index contributed by atoms with van der Waals surface area (Å²) in [6, 6.07) is 10.2. The minimum atomic E-state index is 0.0347. The minimum Gasteiger partial charge on any atom is -0.354 e. The van der Waals surface area contributed by atoms with Crippen molar-refractivity contribution < 1.29 is 4.79 Å². The number of hydrogen-bond donors (Lipinski definition) is 1. The number of aromatic nitrogens is 2. The van der Waals surface area contributed by atoms with Crippen LogP contribution in [0.3, 0.4) is 0 Å². The molecule has 4 heteroatoms.